The SMILES string of the molecule is CCCCC1(CC)CN(c2ccccc2)c2cc(SC)c(OCC(=O)N[C@@H](C(=O)NCC(N)=O)c3ccccc3)cc2S(=O)(=O)C1. The average Bonchev–Trinajstić information content (AvgIpc) is 3.16. The minimum absolute atomic E-state index is 0.00451. The average molecular weight is 667 g/mol. The molecule has 0 fully saturated rings. The van der Waals surface area contributed by atoms with Crippen LogP contribution in [0, 0.1) is 5.41 Å². The van der Waals surface area contributed by atoms with Gasteiger partial charge in [-0.25, -0.2) is 8.42 Å². The molecule has 0 aliphatic carbocycles. The second kappa shape index (κ2) is 15.5. The number of hydrogen-bond acceptors (Lipinski definition) is 8. The summed E-state index contributed by atoms with van der Waals surface area (Å²) < 4.78 is 34.2. The van der Waals surface area contributed by atoms with E-state index in [-0.39, 0.29) is 22.9 Å². The van der Waals surface area contributed by atoms with E-state index < -0.39 is 45.6 Å². The summed E-state index contributed by atoms with van der Waals surface area (Å²) in [6.45, 7) is 3.86. The third-order valence-electron chi connectivity index (χ3n) is 8.24. The molecule has 4 N–H and O–H groups in total. The van der Waals surface area contributed by atoms with Crippen molar-refractivity contribution in [2.75, 3.05) is 36.6 Å². The maximum absolute atomic E-state index is 14.1. The first-order valence-corrected chi connectivity index (χ1v) is 18.2. The van der Waals surface area contributed by atoms with Gasteiger partial charge in [0, 0.05) is 23.7 Å². The van der Waals surface area contributed by atoms with Crippen LogP contribution < -0.4 is 26.0 Å². The highest BCUT2D eigenvalue weighted by molar-refractivity contribution is 7.98. The number of anilines is 2. The quantitative estimate of drug-likeness (QED) is 0.209. The van der Waals surface area contributed by atoms with Crippen LogP contribution in [-0.4, -0.2) is 57.8 Å². The lowest BCUT2D eigenvalue weighted by Gasteiger charge is -2.36. The Balaban J connectivity index is 1.66. The summed E-state index contributed by atoms with van der Waals surface area (Å²) in [7, 11) is -3.76. The Hall–Kier alpha value is -4.03. The van der Waals surface area contributed by atoms with Crippen molar-refractivity contribution in [1.29, 1.82) is 0 Å². The van der Waals surface area contributed by atoms with Crippen LogP contribution in [0.3, 0.4) is 0 Å². The molecule has 4 rings (SSSR count). The van der Waals surface area contributed by atoms with Crippen molar-refractivity contribution < 1.29 is 27.5 Å². The minimum atomic E-state index is -3.76. The number of sulfone groups is 1. The van der Waals surface area contributed by atoms with Gasteiger partial charge in [0.2, 0.25) is 11.8 Å². The number of amides is 3. The Morgan fingerprint density at radius 2 is 1.72 bits per heavy atom. The van der Waals surface area contributed by atoms with Gasteiger partial charge in [-0.15, -0.1) is 11.8 Å². The van der Waals surface area contributed by atoms with Crippen molar-refractivity contribution in [1.82, 2.24) is 10.6 Å². The molecule has 246 valence electrons. The van der Waals surface area contributed by atoms with Crippen LogP contribution in [0.4, 0.5) is 11.4 Å². The zero-order valence-corrected chi connectivity index (χ0v) is 28.1. The van der Waals surface area contributed by atoms with Crippen LogP contribution in [0.1, 0.15) is 51.1 Å². The molecular weight excluding hydrogens is 625 g/mol. The van der Waals surface area contributed by atoms with E-state index in [1.807, 2.05) is 42.7 Å². The number of ether oxygens (including phenoxy) is 1. The highest BCUT2D eigenvalue weighted by atomic mass is 32.2. The van der Waals surface area contributed by atoms with Gasteiger partial charge in [0.15, 0.2) is 16.4 Å². The number of primary amides is 1. The number of thioether (sulfide) groups is 1. The Labute approximate surface area is 275 Å². The van der Waals surface area contributed by atoms with Gasteiger partial charge >= 0.3 is 0 Å². The third-order valence-corrected chi connectivity index (χ3v) is 11.0. The largest absolute Gasteiger partial charge is 0.483 e. The van der Waals surface area contributed by atoms with Crippen molar-refractivity contribution in [2.24, 2.45) is 11.1 Å². The Kier molecular flexibility index (Phi) is 11.7. The zero-order valence-electron chi connectivity index (χ0n) is 26.5. The molecule has 0 spiro atoms. The Morgan fingerprint density at radius 3 is 2.33 bits per heavy atom. The van der Waals surface area contributed by atoms with Gasteiger partial charge in [-0.05, 0) is 42.9 Å². The van der Waals surface area contributed by atoms with E-state index in [4.69, 9.17) is 10.5 Å². The molecule has 0 radical (unpaired) electrons. The van der Waals surface area contributed by atoms with Gasteiger partial charge in [0.25, 0.3) is 5.91 Å². The number of para-hydroxylation sites is 1. The van der Waals surface area contributed by atoms with Crippen molar-refractivity contribution in [3.63, 3.8) is 0 Å². The molecule has 3 amide bonds. The lowest BCUT2D eigenvalue weighted by Crippen LogP contribution is -2.44. The van der Waals surface area contributed by atoms with E-state index >= 15 is 0 Å². The Bertz CT molecular complexity index is 1640. The predicted octanol–water partition coefficient (Wildman–Crippen LogP) is 4.76. The fourth-order valence-electron chi connectivity index (χ4n) is 5.71. The summed E-state index contributed by atoms with van der Waals surface area (Å²) in [4.78, 5) is 40.1. The Morgan fingerprint density at radius 1 is 1.04 bits per heavy atom. The molecular formula is C34H42N4O6S2. The van der Waals surface area contributed by atoms with Gasteiger partial charge < -0.3 is 26.0 Å². The van der Waals surface area contributed by atoms with E-state index in [1.54, 1.807) is 30.3 Å². The van der Waals surface area contributed by atoms with E-state index in [0.717, 1.165) is 24.9 Å². The van der Waals surface area contributed by atoms with Crippen molar-refractivity contribution in [3.05, 3.63) is 78.4 Å². The third kappa shape index (κ3) is 8.41. The fourth-order valence-corrected chi connectivity index (χ4v) is 8.43. The van der Waals surface area contributed by atoms with Crippen molar-refractivity contribution >= 4 is 50.7 Å². The number of nitrogens with two attached hydrogens (primary N) is 1. The first-order valence-electron chi connectivity index (χ1n) is 15.3. The topological polar surface area (TPSA) is 148 Å². The molecule has 46 heavy (non-hydrogen) atoms. The molecule has 1 aliphatic rings. The number of benzene rings is 3. The van der Waals surface area contributed by atoms with Crippen LogP contribution >= 0.6 is 11.8 Å². The summed E-state index contributed by atoms with van der Waals surface area (Å²) in [6, 6.07) is 20.6. The molecule has 0 saturated carbocycles. The van der Waals surface area contributed by atoms with Gasteiger partial charge in [0.05, 0.1) is 27.8 Å². The van der Waals surface area contributed by atoms with Gasteiger partial charge in [-0.2, -0.15) is 0 Å². The summed E-state index contributed by atoms with van der Waals surface area (Å²) in [6.07, 6.45) is 5.24. The molecule has 0 aromatic heterocycles. The number of nitrogens with zero attached hydrogens (tertiary/aromatic N) is 1. The highest BCUT2D eigenvalue weighted by Gasteiger charge is 2.42. The van der Waals surface area contributed by atoms with Crippen molar-refractivity contribution in [2.45, 2.75) is 55.4 Å². The van der Waals surface area contributed by atoms with Crippen LogP contribution in [0.25, 0.3) is 0 Å². The smallest absolute Gasteiger partial charge is 0.258 e. The summed E-state index contributed by atoms with van der Waals surface area (Å²) in [5, 5.41) is 5.08. The number of carbonyl (C=O) groups is 3. The normalized spacial score (nSPS) is 17.7. The van der Waals surface area contributed by atoms with Gasteiger partial charge in [-0.3, -0.25) is 14.4 Å². The molecule has 0 bridgehead atoms. The monoisotopic (exact) mass is 666 g/mol. The molecule has 3 aromatic rings. The lowest BCUT2D eigenvalue weighted by molar-refractivity contribution is -0.131. The first-order chi connectivity index (χ1) is 22.0. The second-order valence-corrected chi connectivity index (χ2v) is 14.3. The number of rotatable bonds is 14. The summed E-state index contributed by atoms with van der Waals surface area (Å²) >= 11 is 1.38. The summed E-state index contributed by atoms with van der Waals surface area (Å²) in [5.41, 5.74) is 6.70. The fraction of sp³-hybridized carbons (Fsp3) is 0.382. The highest BCUT2D eigenvalue weighted by Crippen LogP contribution is 2.47. The number of hydrogen-bond donors (Lipinski definition) is 3. The molecule has 1 unspecified atom stereocenters. The maximum Gasteiger partial charge on any atom is 0.258 e. The molecule has 12 heteroatoms. The van der Waals surface area contributed by atoms with Crippen LogP contribution in [0.15, 0.2) is 82.6 Å². The zero-order chi connectivity index (χ0) is 33.3. The van der Waals surface area contributed by atoms with E-state index in [9.17, 15) is 22.8 Å². The molecule has 0 saturated heterocycles. The lowest BCUT2D eigenvalue weighted by atomic mass is 9.81. The first kappa shape index (κ1) is 34.8. The number of fused-ring (bicyclic) bond motifs is 1. The number of nitrogens with one attached hydrogen (secondary N) is 2. The molecule has 3 aromatic carbocycles. The van der Waals surface area contributed by atoms with Crippen LogP contribution in [0.2, 0.25) is 0 Å². The van der Waals surface area contributed by atoms with Crippen molar-refractivity contribution in [3.8, 4) is 5.75 Å². The summed E-state index contributed by atoms with van der Waals surface area (Å²) in [5.74, 6) is -1.68. The number of carbonyl (C=O) groups excluding carboxylic acids is 3. The van der Waals surface area contributed by atoms with Gasteiger partial charge in [-0.1, -0.05) is 75.2 Å². The molecule has 1 aliphatic heterocycles. The molecule has 1 heterocycles. The molecule has 2 atom stereocenters. The van der Waals surface area contributed by atoms with E-state index in [1.165, 1.54) is 17.8 Å². The minimum Gasteiger partial charge on any atom is -0.483 e. The van der Waals surface area contributed by atoms with Crippen LogP contribution in [0.5, 0.6) is 5.75 Å². The maximum atomic E-state index is 14.1. The number of unbranched alkanes of at least 4 members (excludes halogenated alkanes) is 1. The van der Waals surface area contributed by atoms with E-state index in [0.29, 0.717) is 29.1 Å². The standard InChI is InChI=1S/C34H42N4O6S2/c1-4-6-17-34(5-2)22-38(25-15-11-8-12-16-25)26-18-28(45-3)27(19-29(26)46(42,43)23-34)44-21-31(40)37-32(24-13-9-7-10-14-24)33(41)36-20-30(35)39/h7-16,18-19,32H,4-6,17,20-23H2,1-3H3,(H2,35,39)(H,36,41)(H,37,40)/t32-,34?/m1/s1. The van der Waals surface area contributed by atoms with Gasteiger partial charge in [0.1, 0.15) is 11.8 Å². The second-order valence-electron chi connectivity index (χ2n) is 11.5. The molecule has 10 nitrogen and oxygen atoms in total. The van der Waals surface area contributed by atoms with Crippen LogP contribution in [-0.2, 0) is 24.2 Å². The van der Waals surface area contributed by atoms with E-state index in [2.05, 4.69) is 29.4 Å². The predicted molar refractivity (Wildman–Crippen MR) is 181 cm³/mol.